The van der Waals surface area contributed by atoms with Crippen molar-refractivity contribution in [1.29, 1.82) is 0 Å². The van der Waals surface area contributed by atoms with E-state index in [-0.39, 0.29) is 28.0 Å². The molecule has 0 saturated carbocycles. The van der Waals surface area contributed by atoms with Gasteiger partial charge in [0.25, 0.3) is 0 Å². The summed E-state index contributed by atoms with van der Waals surface area (Å²) in [5.74, 6) is -1.13. The number of benzene rings is 2. The highest BCUT2D eigenvalue weighted by Crippen LogP contribution is 2.35. The van der Waals surface area contributed by atoms with E-state index in [9.17, 15) is 9.59 Å². The van der Waals surface area contributed by atoms with E-state index in [0.29, 0.717) is 5.56 Å². The van der Waals surface area contributed by atoms with Gasteiger partial charge in [0.05, 0.1) is 27.8 Å². The number of ether oxygens (including phenoxy) is 2. The maximum Gasteiger partial charge on any atom is 0.343 e. The van der Waals surface area contributed by atoms with Crippen molar-refractivity contribution in [2.45, 2.75) is 6.92 Å². The highest BCUT2D eigenvalue weighted by Gasteiger charge is 2.18. The van der Waals surface area contributed by atoms with E-state index < -0.39 is 11.9 Å². The van der Waals surface area contributed by atoms with Crippen LogP contribution in [-0.2, 0) is 4.74 Å². The Labute approximate surface area is 137 Å². The Morgan fingerprint density at radius 3 is 2.09 bits per heavy atom. The molecule has 0 heterocycles. The molecule has 2 aromatic carbocycles. The van der Waals surface area contributed by atoms with Crippen LogP contribution in [0.5, 0.6) is 5.75 Å². The minimum absolute atomic E-state index is 0.00485. The van der Waals surface area contributed by atoms with Gasteiger partial charge in [0.1, 0.15) is 0 Å². The molecule has 0 aliphatic heterocycles. The molecule has 0 bridgehead atoms. The summed E-state index contributed by atoms with van der Waals surface area (Å²) in [5.41, 5.74) is 0.556. The molecular weight excluding hydrogens is 327 g/mol. The molecule has 0 atom stereocenters. The van der Waals surface area contributed by atoms with Gasteiger partial charge in [-0.1, -0.05) is 41.4 Å². The predicted octanol–water partition coefficient (Wildman–Crippen LogP) is 4.39. The van der Waals surface area contributed by atoms with Gasteiger partial charge in [0.2, 0.25) is 0 Å². The Kier molecular flexibility index (Phi) is 5.41. The molecule has 22 heavy (non-hydrogen) atoms. The van der Waals surface area contributed by atoms with Gasteiger partial charge in [0.15, 0.2) is 5.75 Å². The lowest BCUT2D eigenvalue weighted by Crippen LogP contribution is -2.10. The number of esters is 2. The van der Waals surface area contributed by atoms with E-state index in [1.54, 1.807) is 37.3 Å². The summed E-state index contributed by atoms with van der Waals surface area (Å²) >= 11 is 12.1. The van der Waals surface area contributed by atoms with Crippen molar-refractivity contribution in [3.8, 4) is 5.75 Å². The van der Waals surface area contributed by atoms with Gasteiger partial charge < -0.3 is 9.47 Å². The van der Waals surface area contributed by atoms with Crippen molar-refractivity contribution in [3.63, 3.8) is 0 Å². The largest absolute Gasteiger partial charge is 0.462 e. The summed E-state index contributed by atoms with van der Waals surface area (Å²) in [6.45, 7) is 1.93. The van der Waals surface area contributed by atoms with Gasteiger partial charge >= 0.3 is 11.9 Å². The summed E-state index contributed by atoms with van der Waals surface area (Å²) in [6.07, 6.45) is 0. The fourth-order valence-corrected chi connectivity index (χ4v) is 2.28. The molecule has 4 nitrogen and oxygen atoms in total. The lowest BCUT2D eigenvalue weighted by molar-refractivity contribution is 0.0526. The molecule has 0 N–H and O–H groups in total. The average Bonchev–Trinajstić information content (AvgIpc) is 2.51. The SMILES string of the molecule is CCOC(=O)c1cc(Cl)c(OC(=O)c2ccccc2)c(Cl)c1. The van der Waals surface area contributed by atoms with Gasteiger partial charge in [-0.3, -0.25) is 0 Å². The Morgan fingerprint density at radius 1 is 0.955 bits per heavy atom. The third-order valence-electron chi connectivity index (χ3n) is 2.71. The van der Waals surface area contributed by atoms with Gasteiger partial charge in [-0.05, 0) is 31.2 Å². The summed E-state index contributed by atoms with van der Waals surface area (Å²) in [7, 11) is 0. The number of carbonyl (C=O) groups is 2. The molecule has 6 heteroatoms. The number of carbonyl (C=O) groups excluding carboxylic acids is 2. The zero-order chi connectivity index (χ0) is 16.1. The molecule has 0 spiro atoms. The molecule has 114 valence electrons. The van der Waals surface area contributed by atoms with Crippen molar-refractivity contribution in [2.75, 3.05) is 6.61 Å². The topological polar surface area (TPSA) is 52.6 Å². The first-order valence-electron chi connectivity index (χ1n) is 6.46. The zero-order valence-electron chi connectivity index (χ0n) is 11.6. The second kappa shape index (κ2) is 7.29. The van der Waals surface area contributed by atoms with Crippen LogP contribution < -0.4 is 4.74 Å². The number of halogens is 2. The summed E-state index contributed by atoms with van der Waals surface area (Å²) in [5, 5.41) is 0.111. The van der Waals surface area contributed by atoms with Crippen LogP contribution in [0.4, 0.5) is 0 Å². The quantitative estimate of drug-likeness (QED) is 0.612. The molecule has 0 unspecified atom stereocenters. The fourth-order valence-electron chi connectivity index (χ4n) is 1.72. The van der Waals surface area contributed by atoms with Crippen molar-refractivity contribution in [2.24, 2.45) is 0 Å². The second-order valence-corrected chi connectivity index (χ2v) is 5.06. The molecule has 0 amide bonds. The molecule has 0 aromatic heterocycles. The maximum atomic E-state index is 12.0. The first-order chi connectivity index (χ1) is 10.5. The smallest absolute Gasteiger partial charge is 0.343 e. The van der Waals surface area contributed by atoms with Gasteiger partial charge in [-0.25, -0.2) is 9.59 Å². The molecule has 2 aromatic rings. The van der Waals surface area contributed by atoms with Gasteiger partial charge in [0, 0.05) is 0 Å². The maximum absolute atomic E-state index is 12.0. The Hall–Kier alpha value is -2.04. The number of hydrogen-bond acceptors (Lipinski definition) is 4. The van der Waals surface area contributed by atoms with Crippen molar-refractivity contribution in [3.05, 3.63) is 63.6 Å². The number of rotatable bonds is 4. The Morgan fingerprint density at radius 2 is 1.55 bits per heavy atom. The third kappa shape index (κ3) is 3.78. The van der Waals surface area contributed by atoms with Crippen LogP contribution in [-0.4, -0.2) is 18.5 Å². The van der Waals surface area contributed by atoms with E-state index in [2.05, 4.69) is 0 Å². The molecule has 0 aliphatic rings. The first-order valence-corrected chi connectivity index (χ1v) is 7.22. The normalized spacial score (nSPS) is 10.1. The van der Waals surface area contributed by atoms with Crippen molar-refractivity contribution < 1.29 is 19.1 Å². The van der Waals surface area contributed by atoms with E-state index in [0.717, 1.165) is 0 Å². The molecule has 0 aliphatic carbocycles. The monoisotopic (exact) mass is 338 g/mol. The number of hydrogen-bond donors (Lipinski definition) is 0. The molecule has 0 fully saturated rings. The van der Waals surface area contributed by atoms with Crippen molar-refractivity contribution in [1.82, 2.24) is 0 Å². The van der Waals surface area contributed by atoms with Crippen LogP contribution in [0.15, 0.2) is 42.5 Å². The third-order valence-corrected chi connectivity index (χ3v) is 3.28. The highest BCUT2D eigenvalue weighted by atomic mass is 35.5. The van der Waals surface area contributed by atoms with E-state index in [1.165, 1.54) is 12.1 Å². The van der Waals surface area contributed by atoms with Gasteiger partial charge in [-0.15, -0.1) is 0 Å². The zero-order valence-corrected chi connectivity index (χ0v) is 13.1. The van der Waals surface area contributed by atoms with Crippen LogP contribution in [0, 0.1) is 0 Å². The van der Waals surface area contributed by atoms with Crippen LogP contribution in [0.2, 0.25) is 10.0 Å². The van der Waals surface area contributed by atoms with E-state index in [4.69, 9.17) is 32.7 Å². The summed E-state index contributed by atoms with van der Waals surface area (Å²) in [6, 6.07) is 11.1. The van der Waals surface area contributed by atoms with E-state index >= 15 is 0 Å². The van der Waals surface area contributed by atoms with Crippen LogP contribution in [0.25, 0.3) is 0 Å². The van der Waals surface area contributed by atoms with Crippen LogP contribution in [0.3, 0.4) is 0 Å². The molecule has 0 saturated heterocycles. The first kappa shape index (κ1) is 16.3. The lowest BCUT2D eigenvalue weighted by atomic mass is 10.2. The lowest BCUT2D eigenvalue weighted by Gasteiger charge is -2.10. The summed E-state index contributed by atoms with van der Waals surface area (Å²) in [4.78, 5) is 23.7. The van der Waals surface area contributed by atoms with Crippen LogP contribution in [0.1, 0.15) is 27.6 Å². The Bertz CT molecular complexity index is 676. The Balaban J connectivity index is 2.25. The van der Waals surface area contributed by atoms with E-state index in [1.807, 2.05) is 0 Å². The highest BCUT2D eigenvalue weighted by molar-refractivity contribution is 6.38. The molecule has 0 radical (unpaired) electrons. The van der Waals surface area contributed by atoms with Gasteiger partial charge in [-0.2, -0.15) is 0 Å². The molecule has 2 rings (SSSR count). The predicted molar refractivity (Wildman–Crippen MR) is 83.8 cm³/mol. The summed E-state index contributed by atoms with van der Waals surface area (Å²) < 4.78 is 10.1. The minimum atomic E-state index is -0.590. The average molecular weight is 339 g/mol. The minimum Gasteiger partial charge on any atom is -0.462 e. The van der Waals surface area contributed by atoms with Crippen LogP contribution >= 0.6 is 23.2 Å². The standard InChI is InChI=1S/C16H12Cl2O4/c1-2-21-15(19)11-8-12(17)14(13(18)9-11)22-16(20)10-6-4-3-5-7-10/h3-9H,2H2,1H3. The molecular formula is C16H12Cl2O4. The van der Waals surface area contributed by atoms with Crippen molar-refractivity contribution >= 4 is 35.1 Å². The fraction of sp³-hybridized carbons (Fsp3) is 0.125. The second-order valence-electron chi connectivity index (χ2n) is 4.25.